The van der Waals surface area contributed by atoms with E-state index in [0.29, 0.717) is 42.2 Å². The highest BCUT2D eigenvalue weighted by atomic mass is 16.5. The molecule has 1 unspecified atom stereocenters. The van der Waals surface area contributed by atoms with Crippen LogP contribution >= 0.6 is 0 Å². The lowest BCUT2D eigenvalue weighted by molar-refractivity contribution is -0.139. The predicted molar refractivity (Wildman–Crippen MR) is 134 cm³/mol. The Morgan fingerprint density at radius 3 is 2.34 bits per heavy atom. The smallest absolute Gasteiger partial charge is 0.295 e. The topological polar surface area (TPSA) is 76.1 Å². The Balaban J connectivity index is 1.81. The van der Waals surface area contributed by atoms with Crippen molar-refractivity contribution in [1.82, 2.24) is 4.90 Å². The number of carbonyl (C=O) groups is 2. The highest BCUT2D eigenvalue weighted by Crippen LogP contribution is 2.42. The van der Waals surface area contributed by atoms with Crippen LogP contribution in [0, 0.1) is 6.92 Å². The molecule has 35 heavy (non-hydrogen) atoms. The Bertz CT molecular complexity index is 1250. The summed E-state index contributed by atoms with van der Waals surface area (Å²) in [4.78, 5) is 28.0. The molecule has 1 heterocycles. The maximum atomic E-state index is 13.3. The quantitative estimate of drug-likeness (QED) is 0.282. The SMILES string of the molecule is CCOc1ccc(C2C(=C(O)c3ccc(C)cc3)C(=O)C(=O)N2CCc2ccccc2)cc1OC. The molecule has 3 aromatic rings. The molecule has 0 saturated carbocycles. The zero-order valence-corrected chi connectivity index (χ0v) is 20.2. The Labute approximate surface area is 205 Å². The minimum absolute atomic E-state index is 0.0677. The van der Waals surface area contributed by atoms with Crippen molar-refractivity contribution in [1.29, 1.82) is 0 Å². The molecule has 0 bridgehead atoms. The van der Waals surface area contributed by atoms with Crippen LogP contribution < -0.4 is 9.47 Å². The zero-order chi connectivity index (χ0) is 24.9. The van der Waals surface area contributed by atoms with Crippen molar-refractivity contribution in [3.05, 3.63) is 101 Å². The lowest BCUT2D eigenvalue weighted by Gasteiger charge is -2.26. The third kappa shape index (κ3) is 4.92. The largest absolute Gasteiger partial charge is 0.507 e. The first kappa shape index (κ1) is 24.1. The average Bonchev–Trinajstić information content (AvgIpc) is 3.13. The number of nitrogens with zero attached hydrogens (tertiary/aromatic N) is 1. The van der Waals surface area contributed by atoms with E-state index in [1.54, 1.807) is 31.4 Å². The third-order valence-corrected chi connectivity index (χ3v) is 6.15. The van der Waals surface area contributed by atoms with E-state index >= 15 is 0 Å². The number of ether oxygens (including phenoxy) is 2. The van der Waals surface area contributed by atoms with Crippen LogP contribution in [0.3, 0.4) is 0 Å². The van der Waals surface area contributed by atoms with Gasteiger partial charge in [0.15, 0.2) is 11.5 Å². The number of rotatable bonds is 8. The van der Waals surface area contributed by atoms with Gasteiger partial charge in [-0.25, -0.2) is 0 Å². The van der Waals surface area contributed by atoms with Gasteiger partial charge in [-0.2, -0.15) is 0 Å². The van der Waals surface area contributed by atoms with Crippen LogP contribution in [0.5, 0.6) is 11.5 Å². The first-order valence-corrected chi connectivity index (χ1v) is 11.6. The summed E-state index contributed by atoms with van der Waals surface area (Å²) >= 11 is 0. The molecule has 6 heteroatoms. The van der Waals surface area contributed by atoms with Gasteiger partial charge in [0.25, 0.3) is 11.7 Å². The Hall–Kier alpha value is -4.06. The monoisotopic (exact) mass is 471 g/mol. The number of hydrogen-bond acceptors (Lipinski definition) is 5. The highest BCUT2D eigenvalue weighted by molar-refractivity contribution is 6.46. The minimum atomic E-state index is -0.760. The number of hydrogen-bond donors (Lipinski definition) is 1. The molecule has 1 amide bonds. The van der Waals surface area contributed by atoms with Crippen LogP contribution in [0.2, 0.25) is 0 Å². The molecule has 1 saturated heterocycles. The van der Waals surface area contributed by atoms with Crippen molar-refractivity contribution in [2.24, 2.45) is 0 Å². The molecule has 3 aromatic carbocycles. The van der Waals surface area contributed by atoms with E-state index in [9.17, 15) is 14.7 Å². The number of ketones is 1. The highest BCUT2D eigenvalue weighted by Gasteiger charge is 2.46. The van der Waals surface area contributed by atoms with Gasteiger partial charge in [-0.15, -0.1) is 0 Å². The summed E-state index contributed by atoms with van der Waals surface area (Å²) in [7, 11) is 1.54. The number of likely N-dealkylation sites (tertiary alicyclic amines) is 1. The van der Waals surface area contributed by atoms with Gasteiger partial charge in [0.2, 0.25) is 0 Å². The van der Waals surface area contributed by atoms with Gasteiger partial charge < -0.3 is 19.5 Å². The van der Waals surface area contributed by atoms with Crippen molar-refractivity contribution in [2.45, 2.75) is 26.3 Å². The van der Waals surface area contributed by atoms with Gasteiger partial charge in [0.1, 0.15) is 5.76 Å². The van der Waals surface area contributed by atoms with Gasteiger partial charge in [-0.05, 0) is 43.5 Å². The summed E-state index contributed by atoms with van der Waals surface area (Å²) in [6.07, 6.45) is 0.573. The summed E-state index contributed by atoms with van der Waals surface area (Å²) in [6.45, 7) is 4.62. The molecule has 1 N–H and O–H groups in total. The molecule has 180 valence electrons. The minimum Gasteiger partial charge on any atom is -0.507 e. The van der Waals surface area contributed by atoms with Gasteiger partial charge in [-0.3, -0.25) is 9.59 Å². The van der Waals surface area contributed by atoms with Gasteiger partial charge in [0.05, 0.1) is 25.3 Å². The lowest BCUT2D eigenvalue weighted by atomic mass is 9.94. The second-order valence-corrected chi connectivity index (χ2v) is 8.44. The molecule has 1 atom stereocenters. The van der Waals surface area contributed by atoms with Crippen molar-refractivity contribution in [2.75, 3.05) is 20.3 Å². The normalized spacial score (nSPS) is 17.0. The number of amides is 1. The number of aryl methyl sites for hydroxylation is 1. The molecule has 1 aliphatic heterocycles. The number of benzene rings is 3. The van der Waals surface area contributed by atoms with E-state index < -0.39 is 17.7 Å². The van der Waals surface area contributed by atoms with Gasteiger partial charge in [0, 0.05) is 12.1 Å². The molecule has 6 nitrogen and oxygen atoms in total. The van der Waals surface area contributed by atoms with E-state index in [1.807, 2.05) is 62.4 Å². The van der Waals surface area contributed by atoms with E-state index in [0.717, 1.165) is 11.1 Å². The van der Waals surface area contributed by atoms with Gasteiger partial charge in [-0.1, -0.05) is 66.2 Å². The van der Waals surface area contributed by atoms with Crippen molar-refractivity contribution in [3.63, 3.8) is 0 Å². The predicted octanol–water partition coefficient (Wildman–Crippen LogP) is 5.07. The van der Waals surface area contributed by atoms with Crippen LogP contribution in [-0.4, -0.2) is 42.0 Å². The second kappa shape index (κ2) is 10.5. The average molecular weight is 472 g/mol. The molecule has 1 aliphatic rings. The van der Waals surface area contributed by atoms with E-state index in [-0.39, 0.29) is 11.3 Å². The molecule has 0 aromatic heterocycles. The number of Topliss-reactive ketones (excluding diaryl/α,β-unsaturated/α-hetero) is 1. The zero-order valence-electron chi connectivity index (χ0n) is 20.2. The fourth-order valence-electron chi connectivity index (χ4n) is 4.35. The Morgan fingerprint density at radius 2 is 1.69 bits per heavy atom. The lowest BCUT2D eigenvalue weighted by Crippen LogP contribution is -2.31. The molecule has 0 aliphatic carbocycles. The van der Waals surface area contributed by atoms with E-state index in [2.05, 4.69) is 0 Å². The van der Waals surface area contributed by atoms with Crippen LogP contribution in [0.25, 0.3) is 5.76 Å². The summed E-state index contributed by atoms with van der Waals surface area (Å²) in [5, 5.41) is 11.2. The Kier molecular flexibility index (Phi) is 7.20. The molecule has 0 radical (unpaired) electrons. The number of aliphatic hydroxyl groups is 1. The summed E-state index contributed by atoms with van der Waals surface area (Å²) in [5.74, 6) is -0.461. The summed E-state index contributed by atoms with van der Waals surface area (Å²) < 4.78 is 11.2. The van der Waals surface area contributed by atoms with Crippen LogP contribution in [0.15, 0.2) is 78.4 Å². The first-order chi connectivity index (χ1) is 16.9. The Morgan fingerprint density at radius 1 is 0.971 bits per heavy atom. The maximum Gasteiger partial charge on any atom is 0.295 e. The fourth-order valence-corrected chi connectivity index (χ4v) is 4.35. The van der Waals surface area contributed by atoms with Crippen LogP contribution in [-0.2, 0) is 16.0 Å². The van der Waals surface area contributed by atoms with E-state index in [4.69, 9.17) is 9.47 Å². The van der Waals surface area contributed by atoms with Crippen LogP contribution in [0.4, 0.5) is 0 Å². The first-order valence-electron chi connectivity index (χ1n) is 11.6. The molecule has 0 spiro atoms. The number of carbonyl (C=O) groups excluding carboxylic acids is 2. The number of aliphatic hydroxyl groups excluding tert-OH is 1. The molecular formula is C29H29NO5. The number of methoxy groups -OCH3 is 1. The third-order valence-electron chi connectivity index (χ3n) is 6.15. The van der Waals surface area contributed by atoms with Gasteiger partial charge >= 0.3 is 0 Å². The maximum absolute atomic E-state index is 13.3. The van der Waals surface area contributed by atoms with Crippen molar-refractivity contribution < 1.29 is 24.2 Å². The molecule has 1 fully saturated rings. The summed E-state index contributed by atoms with van der Waals surface area (Å²) in [5.41, 5.74) is 3.29. The second-order valence-electron chi connectivity index (χ2n) is 8.44. The van der Waals surface area contributed by atoms with Crippen LogP contribution in [0.1, 0.15) is 35.2 Å². The molecule has 4 rings (SSSR count). The van der Waals surface area contributed by atoms with E-state index in [1.165, 1.54) is 4.90 Å². The fraction of sp³-hybridized carbons (Fsp3) is 0.241. The standard InChI is InChI=1S/C29H29NO5/c1-4-35-23-15-14-22(18-24(23)34-3)26-25(27(31)21-12-10-19(2)11-13-21)28(32)29(33)30(26)17-16-20-8-6-5-7-9-20/h5-15,18,26,31H,4,16-17H2,1-3H3. The summed E-state index contributed by atoms with van der Waals surface area (Å²) in [6, 6.07) is 21.6. The van der Waals surface area contributed by atoms with Crippen molar-refractivity contribution >= 4 is 17.4 Å². The van der Waals surface area contributed by atoms with Crippen molar-refractivity contribution in [3.8, 4) is 11.5 Å². The molecular weight excluding hydrogens is 442 g/mol.